The van der Waals surface area contributed by atoms with Gasteiger partial charge in [0.2, 0.25) is 5.76 Å². The van der Waals surface area contributed by atoms with Crippen LogP contribution >= 0.6 is 34.8 Å². The normalized spacial score (nSPS) is 11.7. The topological polar surface area (TPSA) is 112 Å². The van der Waals surface area contributed by atoms with E-state index in [0.717, 1.165) is 12.1 Å². The molecule has 0 aliphatic heterocycles. The van der Waals surface area contributed by atoms with E-state index in [-0.39, 0.29) is 20.8 Å². The highest BCUT2D eigenvalue weighted by atomic mass is 35.5. The zero-order valence-corrected chi connectivity index (χ0v) is 14.7. The molecule has 2 aromatic rings. The summed E-state index contributed by atoms with van der Waals surface area (Å²) in [5.74, 6) is -2.79. The molecule has 0 saturated heterocycles. The predicted molar refractivity (Wildman–Crippen MR) is 90.3 cm³/mol. The van der Waals surface area contributed by atoms with Crippen molar-refractivity contribution < 1.29 is 23.7 Å². The average molecular weight is 408 g/mol. The Morgan fingerprint density at radius 1 is 1.24 bits per heavy atom. The number of nitro groups is 1. The SMILES string of the molecule is C[C@H](OC(=O)c1ccc([N+](=O)[O-])o1)C(=O)Nc1c(Cl)cc(Cl)cc1Cl. The summed E-state index contributed by atoms with van der Waals surface area (Å²) in [7, 11) is 0. The number of hydrogen-bond donors (Lipinski definition) is 1. The summed E-state index contributed by atoms with van der Waals surface area (Å²) in [5, 5.41) is 13.4. The molecule has 0 radical (unpaired) electrons. The third-order valence-corrected chi connectivity index (χ3v) is 3.70. The first kappa shape index (κ1) is 19.0. The Balaban J connectivity index is 2.05. The van der Waals surface area contributed by atoms with Crippen LogP contribution in [0.5, 0.6) is 0 Å². The molecule has 0 fully saturated rings. The molecule has 0 aliphatic rings. The summed E-state index contributed by atoms with van der Waals surface area (Å²) in [6.45, 7) is 1.29. The predicted octanol–water partition coefficient (Wildman–Crippen LogP) is 4.33. The third-order valence-electron chi connectivity index (χ3n) is 2.88. The van der Waals surface area contributed by atoms with Gasteiger partial charge in [-0.3, -0.25) is 14.9 Å². The second-order valence-corrected chi connectivity index (χ2v) is 5.93. The van der Waals surface area contributed by atoms with E-state index in [9.17, 15) is 19.7 Å². The molecule has 25 heavy (non-hydrogen) atoms. The van der Waals surface area contributed by atoms with E-state index >= 15 is 0 Å². The summed E-state index contributed by atoms with van der Waals surface area (Å²) < 4.78 is 9.58. The van der Waals surface area contributed by atoms with Crippen LogP contribution in [0.4, 0.5) is 11.6 Å². The Kier molecular flexibility index (Phi) is 5.89. The van der Waals surface area contributed by atoms with E-state index in [1.807, 2.05) is 0 Å². The molecule has 11 heteroatoms. The van der Waals surface area contributed by atoms with Crippen LogP contribution in [0, 0.1) is 10.1 Å². The van der Waals surface area contributed by atoms with Crippen LogP contribution in [0.3, 0.4) is 0 Å². The van der Waals surface area contributed by atoms with E-state index in [2.05, 4.69) is 5.32 Å². The van der Waals surface area contributed by atoms with E-state index in [1.165, 1.54) is 19.1 Å². The van der Waals surface area contributed by atoms with Gasteiger partial charge in [-0.25, -0.2) is 4.79 Å². The fraction of sp³-hybridized carbons (Fsp3) is 0.143. The Hall–Kier alpha value is -2.29. The summed E-state index contributed by atoms with van der Waals surface area (Å²) in [5.41, 5.74) is 0.106. The number of nitrogens with one attached hydrogen (secondary N) is 1. The zero-order valence-electron chi connectivity index (χ0n) is 12.4. The number of esters is 1. The lowest BCUT2D eigenvalue weighted by molar-refractivity contribution is -0.402. The quantitative estimate of drug-likeness (QED) is 0.448. The maximum absolute atomic E-state index is 12.1. The van der Waals surface area contributed by atoms with Crippen molar-refractivity contribution >= 4 is 58.3 Å². The fourth-order valence-corrected chi connectivity index (χ4v) is 2.61. The van der Waals surface area contributed by atoms with Gasteiger partial charge in [-0.05, 0) is 25.1 Å². The van der Waals surface area contributed by atoms with Crippen molar-refractivity contribution in [2.75, 3.05) is 5.32 Å². The monoisotopic (exact) mass is 406 g/mol. The minimum Gasteiger partial charge on any atom is -0.447 e. The van der Waals surface area contributed by atoms with E-state index in [1.54, 1.807) is 0 Å². The minimum atomic E-state index is -1.25. The van der Waals surface area contributed by atoms with Gasteiger partial charge in [0, 0.05) is 5.02 Å². The number of rotatable bonds is 5. The van der Waals surface area contributed by atoms with Crippen molar-refractivity contribution in [3.63, 3.8) is 0 Å². The standard InChI is InChI=1S/C14H9Cl3N2O6/c1-6(24-14(21)10-2-3-11(25-10)19(22)23)13(20)18-12-8(16)4-7(15)5-9(12)17/h2-6H,1H3,(H,18,20)/t6-/m0/s1. The van der Waals surface area contributed by atoms with Crippen molar-refractivity contribution in [3.8, 4) is 0 Å². The van der Waals surface area contributed by atoms with Crippen LogP contribution < -0.4 is 5.32 Å². The highest BCUT2D eigenvalue weighted by Crippen LogP contribution is 2.33. The van der Waals surface area contributed by atoms with Gasteiger partial charge >= 0.3 is 11.9 Å². The smallest absolute Gasteiger partial charge is 0.433 e. The Morgan fingerprint density at radius 3 is 2.36 bits per heavy atom. The molecule has 0 bridgehead atoms. The number of benzene rings is 1. The minimum absolute atomic E-state index is 0.103. The van der Waals surface area contributed by atoms with Crippen molar-refractivity contribution in [2.24, 2.45) is 0 Å². The van der Waals surface area contributed by atoms with Crippen LogP contribution in [0.1, 0.15) is 17.5 Å². The van der Waals surface area contributed by atoms with Gasteiger partial charge in [0.05, 0.1) is 21.8 Å². The molecule has 1 heterocycles. The molecular formula is C14H9Cl3N2O6. The first-order chi connectivity index (χ1) is 11.7. The lowest BCUT2D eigenvalue weighted by atomic mass is 10.3. The molecular weight excluding hydrogens is 399 g/mol. The molecule has 1 aromatic carbocycles. The van der Waals surface area contributed by atoms with Crippen molar-refractivity contribution in [2.45, 2.75) is 13.0 Å². The second kappa shape index (κ2) is 7.73. The molecule has 1 N–H and O–H groups in total. The molecule has 0 aliphatic carbocycles. The largest absolute Gasteiger partial charge is 0.447 e. The van der Waals surface area contributed by atoms with Gasteiger partial charge in [-0.1, -0.05) is 34.8 Å². The van der Waals surface area contributed by atoms with Crippen LogP contribution in [0.15, 0.2) is 28.7 Å². The first-order valence-corrected chi connectivity index (χ1v) is 7.73. The van der Waals surface area contributed by atoms with Gasteiger partial charge in [-0.15, -0.1) is 0 Å². The van der Waals surface area contributed by atoms with Gasteiger partial charge in [0.1, 0.15) is 4.92 Å². The number of ether oxygens (including phenoxy) is 1. The number of halogens is 3. The number of furan rings is 1. The van der Waals surface area contributed by atoms with E-state index in [0.29, 0.717) is 0 Å². The maximum Gasteiger partial charge on any atom is 0.433 e. The Labute approximate surface area is 155 Å². The Bertz CT molecular complexity index is 828. The summed E-state index contributed by atoms with van der Waals surface area (Å²) in [4.78, 5) is 33.7. The second-order valence-electron chi connectivity index (χ2n) is 4.68. The zero-order chi connectivity index (χ0) is 18.7. The van der Waals surface area contributed by atoms with Gasteiger partial charge in [0.15, 0.2) is 6.10 Å². The molecule has 1 atom stereocenters. The van der Waals surface area contributed by atoms with Crippen LogP contribution in [-0.4, -0.2) is 22.9 Å². The fourth-order valence-electron chi connectivity index (χ4n) is 1.69. The van der Waals surface area contributed by atoms with E-state index < -0.39 is 34.5 Å². The number of carbonyl (C=O) groups is 2. The third kappa shape index (κ3) is 4.62. The molecule has 0 spiro atoms. The lowest BCUT2D eigenvalue weighted by Gasteiger charge is -2.14. The lowest BCUT2D eigenvalue weighted by Crippen LogP contribution is -2.30. The van der Waals surface area contributed by atoms with Gasteiger partial charge in [0.25, 0.3) is 5.91 Å². The molecule has 2 rings (SSSR count). The summed E-state index contributed by atoms with van der Waals surface area (Å²) >= 11 is 17.7. The number of carbonyl (C=O) groups excluding carboxylic acids is 2. The average Bonchev–Trinajstić information content (AvgIpc) is 3.00. The van der Waals surface area contributed by atoms with Crippen molar-refractivity contribution in [1.82, 2.24) is 0 Å². The van der Waals surface area contributed by atoms with E-state index in [4.69, 9.17) is 44.0 Å². The highest BCUT2D eigenvalue weighted by Gasteiger charge is 2.24. The number of amides is 1. The van der Waals surface area contributed by atoms with Crippen LogP contribution in [0.2, 0.25) is 15.1 Å². The molecule has 1 aromatic heterocycles. The molecule has 1 amide bonds. The summed E-state index contributed by atoms with van der Waals surface area (Å²) in [6.07, 6.45) is -1.25. The maximum atomic E-state index is 12.1. The van der Waals surface area contributed by atoms with Gasteiger partial charge < -0.3 is 14.5 Å². The number of hydrogen-bond acceptors (Lipinski definition) is 6. The molecule has 132 valence electrons. The van der Waals surface area contributed by atoms with Crippen molar-refractivity contribution in [1.29, 1.82) is 0 Å². The van der Waals surface area contributed by atoms with Crippen molar-refractivity contribution in [3.05, 3.63) is 55.2 Å². The Morgan fingerprint density at radius 2 is 1.84 bits per heavy atom. The summed E-state index contributed by atoms with van der Waals surface area (Å²) in [6, 6.07) is 4.82. The molecule has 0 unspecified atom stereocenters. The molecule has 8 nitrogen and oxygen atoms in total. The van der Waals surface area contributed by atoms with Gasteiger partial charge in [-0.2, -0.15) is 0 Å². The highest BCUT2D eigenvalue weighted by molar-refractivity contribution is 6.42. The number of anilines is 1. The molecule has 0 saturated carbocycles. The first-order valence-electron chi connectivity index (χ1n) is 6.59. The van der Waals surface area contributed by atoms with Crippen LogP contribution in [-0.2, 0) is 9.53 Å². The van der Waals surface area contributed by atoms with Crippen LogP contribution in [0.25, 0.3) is 0 Å². The number of nitrogens with zero attached hydrogens (tertiary/aromatic N) is 1.